The molecular formula is C14H14BrClOS. The van der Waals surface area contributed by atoms with E-state index in [2.05, 4.69) is 28.1 Å². The fourth-order valence-electron chi connectivity index (χ4n) is 2.09. The molecule has 0 fully saturated rings. The summed E-state index contributed by atoms with van der Waals surface area (Å²) in [5, 5.41) is 1.92. The molecule has 1 heterocycles. The van der Waals surface area contributed by atoms with Gasteiger partial charge < -0.3 is 4.74 Å². The molecule has 0 amide bonds. The zero-order valence-electron chi connectivity index (χ0n) is 10.5. The molecule has 96 valence electrons. The first kappa shape index (κ1) is 13.9. The summed E-state index contributed by atoms with van der Waals surface area (Å²) in [6.07, 6.45) is 0. The minimum Gasteiger partial charge on any atom is -0.496 e. The summed E-state index contributed by atoms with van der Waals surface area (Å²) in [6.45, 7) is 4.09. The first-order valence-electron chi connectivity index (χ1n) is 5.56. The lowest BCUT2D eigenvalue weighted by Gasteiger charge is -2.14. The number of methoxy groups -OCH3 is 1. The Labute approximate surface area is 125 Å². The van der Waals surface area contributed by atoms with Crippen molar-refractivity contribution in [3.63, 3.8) is 0 Å². The maximum Gasteiger partial charge on any atom is 0.124 e. The molecule has 2 aromatic rings. The Kier molecular flexibility index (Phi) is 4.36. The highest BCUT2D eigenvalue weighted by molar-refractivity contribution is 9.10. The molecule has 1 aromatic heterocycles. The number of alkyl halides is 1. The SMILES string of the molecule is COc1c(C)cc(C(Cl)c2sccc2Br)cc1C. The van der Waals surface area contributed by atoms with E-state index >= 15 is 0 Å². The first-order valence-corrected chi connectivity index (χ1v) is 7.67. The summed E-state index contributed by atoms with van der Waals surface area (Å²) in [5.41, 5.74) is 3.34. The van der Waals surface area contributed by atoms with Gasteiger partial charge in [0.1, 0.15) is 5.75 Å². The number of rotatable bonds is 3. The van der Waals surface area contributed by atoms with Crippen molar-refractivity contribution >= 4 is 38.9 Å². The molecule has 0 aliphatic rings. The van der Waals surface area contributed by atoms with Crippen LogP contribution in [0.1, 0.15) is 26.9 Å². The minimum atomic E-state index is -0.123. The predicted molar refractivity (Wildman–Crippen MR) is 82.2 cm³/mol. The Morgan fingerprint density at radius 3 is 2.33 bits per heavy atom. The highest BCUT2D eigenvalue weighted by Gasteiger charge is 2.17. The molecule has 0 aliphatic carbocycles. The summed E-state index contributed by atoms with van der Waals surface area (Å²) < 4.78 is 6.44. The number of benzene rings is 1. The van der Waals surface area contributed by atoms with Crippen LogP contribution in [-0.4, -0.2) is 7.11 Å². The van der Waals surface area contributed by atoms with E-state index in [1.54, 1.807) is 18.4 Å². The second kappa shape index (κ2) is 5.64. The lowest BCUT2D eigenvalue weighted by atomic mass is 10.0. The zero-order valence-corrected chi connectivity index (χ0v) is 13.6. The van der Waals surface area contributed by atoms with Crippen molar-refractivity contribution in [1.29, 1.82) is 0 Å². The third-order valence-corrected chi connectivity index (χ3v) is 5.39. The number of ether oxygens (including phenoxy) is 1. The number of halogens is 2. The van der Waals surface area contributed by atoms with Gasteiger partial charge in [0.2, 0.25) is 0 Å². The highest BCUT2D eigenvalue weighted by atomic mass is 79.9. The van der Waals surface area contributed by atoms with Crippen LogP contribution < -0.4 is 4.74 Å². The third kappa shape index (κ3) is 2.58. The van der Waals surface area contributed by atoms with Crippen molar-refractivity contribution < 1.29 is 4.74 Å². The molecule has 1 unspecified atom stereocenters. The van der Waals surface area contributed by atoms with E-state index in [1.807, 2.05) is 25.3 Å². The average Bonchev–Trinajstić information content (AvgIpc) is 2.74. The summed E-state index contributed by atoms with van der Waals surface area (Å²) in [4.78, 5) is 1.14. The van der Waals surface area contributed by atoms with Gasteiger partial charge in [0, 0.05) is 9.35 Å². The van der Waals surface area contributed by atoms with Crippen LogP contribution >= 0.6 is 38.9 Å². The normalized spacial score (nSPS) is 12.5. The highest BCUT2D eigenvalue weighted by Crippen LogP contribution is 2.39. The fraction of sp³-hybridized carbons (Fsp3) is 0.286. The third-order valence-electron chi connectivity index (χ3n) is 2.85. The Hall–Kier alpha value is -0.510. The van der Waals surface area contributed by atoms with Crippen LogP contribution in [0.3, 0.4) is 0 Å². The zero-order chi connectivity index (χ0) is 13.3. The van der Waals surface area contributed by atoms with Crippen molar-refractivity contribution in [3.05, 3.63) is 49.6 Å². The second-order valence-corrected chi connectivity index (χ2v) is 6.42. The number of hydrogen-bond acceptors (Lipinski definition) is 2. The molecule has 0 saturated heterocycles. The molecule has 4 heteroatoms. The van der Waals surface area contributed by atoms with Gasteiger partial charge in [-0.3, -0.25) is 0 Å². The minimum absolute atomic E-state index is 0.123. The van der Waals surface area contributed by atoms with Crippen molar-refractivity contribution in [3.8, 4) is 5.75 Å². The lowest BCUT2D eigenvalue weighted by molar-refractivity contribution is 0.408. The Morgan fingerprint density at radius 2 is 1.89 bits per heavy atom. The number of hydrogen-bond donors (Lipinski definition) is 0. The van der Waals surface area contributed by atoms with Gasteiger partial charge in [0.05, 0.1) is 12.5 Å². The van der Waals surface area contributed by atoms with Crippen LogP contribution in [0.15, 0.2) is 28.1 Å². The van der Waals surface area contributed by atoms with Gasteiger partial charge in [-0.2, -0.15) is 0 Å². The van der Waals surface area contributed by atoms with E-state index in [9.17, 15) is 0 Å². The van der Waals surface area contributed by atoms with E-state index in [-0.39, 0.29) is 5.38 Å². The predicted octanol–water partition coefficient (Wildman–Crippen LogP) is 5.46. The molecule has 1 atom stereocenters. The van der Waals surface area contributed by atoms with Crippen LogP contribution in [0.5, 0.6) is 5.75 Å². The molecular weight excluding hydrogens is 332 g/mol. The molecule has 0 radical (unpaired) electrons. The Balaban J connectivity index is 2.43. The fourth-order valence-corrected chi connectivity index (χ4v) is 4.22. The molecule has 1 aromatic carbocycles. The smallest absolute Gasteiger partial charge is 0.124 e. The molecule has 0 saturated carbocycles. The topological polar surface area (TPSA) is 9.23 Å². The van der Waals surface area contributed by atoms with E-state index in [1.165, 1.54) is 0 Å². The van der Waals surface area contributed by atoms with E-state index in [0.29, 0.717) is 0 Å². The summed E-state index contributed by atoms with van der Waals surface area (Å²) in [5.74, 6) is 0.938. The van der Waals surface area contributed by atoms with E-state index in [0.717, 1.165) is 31.8 Å². The molecule has 0 spiro atoms. The maximum atomic E-state index is 6.56. The standard InChI is InChI=1S/C14H14BrClOS/c1-8-6-10(7-9(2)13(8)17-3)12(16)14-11(15)4-5-18-14/h4-7,12H,1-3H3. The molecule has 18 heavy (non-hydrogen) atoms. The summed E-state index contributed by atoms with van der Waals surface area (Å²) >= 11 is 11.8. The average molecular weight is 346 g/mol. The van der Waals surface area contributed by atoms with Gasteiger partial charge in [-0.05, 0) is 57.9 Å². The monoisotopic (exact) mass is 344 g/mol. The van der Waals surface area contributed by atoms with Gasteiger partial charge in [-0.15, -0.1) is 22.9 Å². The van der Waals surface area contributed by atoms with Gasteiger partial charge in [0.25, 0.3) is 0 Å². The van der Waals surface area contributed by atoms with E-state index in [4.69, 9.17) is 16.3 Å². The van der Waals surface area contributed by atoms with Crippen LogP contribution in [0.25, 0.3) is 0 Å². The van der Waals surface area contributed by atoms with Crippen molar-refractivity contribution in [2.24, 2.45) is 0 Å². The lowest BCUT2D eigenvalue weighted by Crippen LogP contribution is -1.97. The van der Waals surface area contributed by atoms with Gasteiger partial charge in [-0.1, -0.05) is 12.1 Å². The number of thiophene rings is 1. The molecule has 0 bridgehead atoms. The van der Waals surface area contributed by atoms with Crippen molar-refractivity contribution in [2.45, 2.75) is 19.2 Å². The van der Waals surface area contributed by atoms with Crippen LogP contribution in [0, 0.1) is 13.8 Å². The summed E-state index contributed by atoms with van der Waals surface area (Å²) in [6, 6.07) is 6.21. The molecule has 0 N–H and O–H groups in total. The van der Waals surface area contributed by atoms with Crippen LogP contribution in [0.2, 0.25) is 0 Å². The van der Waals surface area contributed by atoms with Gasteiger partial charge >= 0.3 is 0 Å². The largest absolute Gasteiger partial charge is 0.496 e. The van der Waals surface area contributed by atoms with Crippen molar-refractivity contribution in [2.75, 3.05) is 7.11 Å². The molecule has 1 nitrogen and oxygen atoms in total. The first-order chi connectivity index (χ1) is 8.54. The maximum absolute atomic E-state index is 6.56. The quantitative estimate of drug-likeness (QED) is 0.671. The van der Waals surface area contributed by atoms with Crippen molar-refractivity contribution in [1.82, 2.24) is 0 Å². The Morgan fingerprint density at radius 1 is 1.28 bits per heavy atom. The van der Waals surface area contributed by atoms with Crippen LogP contribution in [0.4, 0.5) is 0 Å². The Bertz CT molecular complexity index is 542. The molecule has 0 aliphatic heterocycles. The van der Waals surface area contributed by atoms with Gasteiger partial charge in [0.15, 0.2) is 0 Å². The van der Waals surface area contributed by atoms with E-state index < -0.39 is 0 Å². The summed E-state index contributed by atoms with van der Waals surface area (Å²) in [7, 11) is 1.70. The van der Waals surface area contributed by atoms with Crippen LogP contribution in [-0.2, 0) is 0 Å². The van der Waals surface area contributed by atoms with Gasteiger partial charge in [-0.25, -0.2) is 0 Å². The second-order valence-electron chi connectivity index (χ2n) is 4.18. The molecule has 2 rings (SSSR count). The number of aryl methyl sites for hydroxylation is 2.